The van der Waals surface area contributed by atoms with E-state index in [9.17, 15) is 22.8 Å². The van der Waals surface area contributed by atoms with Crippen molar-refractivity contribution in [2.45, 2.75) is 38.2 Å². The molecule has 1 atom stereocenters. The van der Waals surface area contributed by atoms with Crippen LogP contribution in [0.15, 0.2) is 24.3 Å². The van der Waals surface area contributed by atoms with E-state index >= 15 is 0 Å². The Kier molecular flexibility index (Phi) is 5.33. The van der Waals surface area contributed by atoms with Gasteiger partial charge in [-0.3, -0.25) is 14.5 Å². The van der Waals surface area contributed by atoms with Crippen molar-refractivity contribution in [2.24, 2.45) is 0 Å². The number of rotatable bonds is 7. The summed E-state index contributed by atoms with van der Waals surface area (Å²) in [5.41, 5.74) is 0.299. The molecular formula is C15H17F3N2O4. The van der Waals surface area contributed by atoms with Crippen LogP contribution in [-0.2, 0) is 9.59 Å². The van der Waals surface area contributed by atoms with Gasteiger partial charge in [0.05, 0.1) is 6.54 Å². The van der Waals surface area contributed by atoms with Crippen LogP contribution in [0.3, 0.4) is 0 Å². The molecular weight excluding hydrogens is 329 g/mol. The van der Waals surface area contributed by atoms with Gasteiger partial charge in [-0.25, -0.2) is 0 Å². The fourth-order valence-electron chi connectivity index (χ4n) is 2.24. The van der Waals surface area contributed by atoms with E-state index in [1.807, 2.05) is 0 Å². The lowest BCUT2D eigenvalue weighted by Gasteiger charge is -2.25. The lowest BCUT2D eigenvalue weighted by molar-refractivity contribution is -0.274. The van der Waals surface area contributed by atoms with E-state index in [0.717, 1.165) is 25.0 Å². The fraction of sp³-hybridized carbons (Fsp3) is 0.467. The SMILES string of the molecule is CC(C(=O)O)N(CC(=O)Nc1ccc(OC(F)(F)F)cc1)C1CC1. The van der Waals surface area contributed by atoms with Crippen LogP contribution in [0.1, 0.15) is 19.8 Å². The number of hydrogen-bond donors (Lipinski definition) is 2. The maximum atomic E-state index is 12.1. The number of carbonyl (C=O) groups is 2. The topological polar surface area (TPSA) is 78.9 Å². The van der Waals surface area contributed by atoms with Gasteiger partial charge in [0.15, 0.2) is 0 Å². The third-order valence-electron chi connectivity index (χ3n) is 3.57. The summed E-state index contributed by atoms with van der Waals surface area (Å²) in [6.07, 6.45) is -3.09. The quantitative estimate of drug-likeness (QED) is 0.793. The minimum atomic E-state index is -4.78. The summed E-state index contributed by atoms with van der Waals surface area (Å²) in [5.74, 6) is -1.83. The average molecular weight is 346 g/mol. The second-order valence-corrected chi connectivity index (χ2v) is 5.54. The number of carboxylic acid groups (broad SMARTS) is 1. The number of alkyl halides is 3. The number of benzene rings is 1. The van der Waals surface area contributed by atoms with E-state index in [2.05, 4.69) is 10.1 Å². The molecule has 1 amide bonds. The van der Waals surface area contributed by atoms with Crippen LogP contribution in [0.5, 0.6) is 5.75 Å². The van der Waals surface area contributed by atoms with Crippen LogP contribution in [0.2, 0.25) is 0 Å². The first kappa shape index (κ1) is 18.1. The first-order valence-corrected chi connectivity index (χ1v) is 7.30. The lowest BCUT2D eigenvalue weighted by Crippen LogP contribution is -2.44. The summed E-state index contributed by atoms with van der Waals surface area (Å²) in [6, 6.07) is 4.01. The number of aliphatic carboxylic acids is 1. The Morgan fingerprint density at radius 1 is 1.33 bits per heavy atom. The Bertz CT molecular complexity index is 600. The molecule has 132 valence electrons. The number of nitrogens with zero attached hydrogens (tertiary/aromatic N) is 1. The maximum Gasteiger partial charge on any atom is 0.573 e. The van der Waals surface area contributed by atoms with E-state index in [1.54, 1.807) is 4.90 Å². The molecule has 9 heteroatoms. The van der Waals surface area contributed by atoms with Gasteiger partial charge < -0.3 is 15.2 Å². The average Bonchev–Trinajstić information content (AvgIpc) is 3.29. The largest absolute Gasteiger partial charge is 0.573 e. The van der Waals surface area contributed by atoms with Crippen molar-refractivity contribution in [1.29, 1.82) is 0 Å². The minimum Gasteiger partial charge on any atom is -0.480 e. The van der Waals surface area contributed by atoms with Gasteiger partial charge in [-0.1, -0.05) is 0 Å². The molecule has 1 fully saturated rings. The molecule has 0 heterocycles. The van der Waals surface area contributed by atoms with Gasteiger partial charge in [0.2, 0.25) is 5.91 Å². The lowest BCUT2D eigenvalue weighted by atomic mass is 10.2. The van der Waals surface area contributed by atoms with Crippen molar-refractivity contribution in [3.63, 3.8) is 0 Å². The zero-order chi connectivity index (χ0) is 17.9. The van der Waals surface area contributed by atoms with Gasteiger partial charge in [-0.15, -0.1) is 13.2 Å². The monoisotopic (exact) mass is 346 g/mol. The standard InChI is InChI=1S/C15H17F3N2O4/c1-9(14(22)23)20(11-4-5-11)8-13(21)19-10-2-6-12(7-3-10)24-15(16,17)18/h2-3,6-7,9,11H,4-5,8H2,1H3,(H,19,21)(H,22,23). The summed E-state index contributed by atoms with van der Waals surface area (Å²) in [5, 5.41) is 11.6. The molecule has 0 radical (unpaired) electrons. The van der Waals surface area contributed by atoms with Crippen molar-refractivity contribution < 1.29 is 32.6 Å². The van der Waals surface area contributed by atoms with Crippen LogP contribution in [0.25, 0.3) is 0 Å². The van der Waals surface area contributed by atoms with E-state index < -0.39 is 24.3 Å². The molecule has 2 rings (SSSR count). The Balaban J connectivity index is 1.92. The first-order chi connectivity index (χ1) is 11.2. The smallest absolute Gasteiger partial charge is 0.480 e. The maximum absolute atomic E-state index is 12.1. The van der Waals surface area contributed by atoms with Gasteiger partial charge in [0.25, 0.3) is 0 Å². The van der Waals surface area contributed by atoms with Gasteiger partial charge in [-0.05, 0) is 44.0 Å². The predicted octanol–water partition coefficient (Wildman–Crippen LogP) is 2.46. The molecule has 1 aromatic rings. The Morgan fingerprint density at radius 2 is 1.92 bits per heavy atom. The molecule has 6 nitrogen and oxygen atoms in total. The third kappa shape index (κ3) is 5.41. The molecule has 0 spiro atoms. The summed E-state index contributed by atoms with van der Waals surface area (Å²) in [7, 11) is 0. The van der Waals surface area contributed by atoms with Crippen LogP contribution < -0.4 is 10.1 Å². The number of halogens is 3. The zero-order valence-corrected chi connectivity index (χ0v) is 12.8. The second-order valence-electron chi connectivity index (χ2n) is 5.54. The highest BCUT2D eigenvalue weighted by Gasteiger charge is 2.36. The van der Waals surface area contributed by atoms with Crippen LogP contribution in [-0.4, -0.2) is 46.9 Å². The normalized spacial score (nSPS) is 15.9. The number of amides is 1. The van der Waals surface area contributed by atoms with Crippen molar-refractivity contribution >= 4 is 17.6 Å². The second kappa shape index (κ2) is 7.08. The van der Waals surface area contributed by atoms with Crippen molar-refractivity contribution in [3.8, 4) is 5.75 Å². The van der Waals surface area contributed by atoms with Crippen LogP contribution in [0.4, 0.5) is 18.9 Å². The minimum absolute atomic E-state index is 0.0735. The number of hydrogen-bond acceptors (Lipinski definition) is 4. The summed E-state index contributed by atoms with van der Waals surface area (Å²) in [6.45, 7) is 1.41. The third-order valence-corrected chi connectivity index (χ3v) is 3.57. The number of nitrogens with one attached hydrogen (secondary N) is 1. The highest BCUT2D eigenvalue weighted by Crippen LogP contribution is 2.29. The van der Waals surface area contributed by atoms with E-state index in [1.165, 1.54) is 19.1 Å². The molecule has 24 heavy (non-hydrogen) atoms. The number of carboxylic acids is 1. The summed E-state index contributed by atoms with van der Waals surface area (Å²) < 4.78 is 40.0. The Hall–Kier alpha value is -2.29. The van der Waals surface area contributed by atoms with Crippen LogP contribution >= 0.6 is 0 Å². The highest BCUT2D eigenvalue weighted by molar-refractivity contribution is 5.92. The molecule has 0 aliphatic heterocycles. The predicted molar refractivity (Wildman–Crippen MR) is 78.6 cm³/mol. The molecule has 1 aliphatic carbocycles. The summed E-state index contributed by atoms with van der Waals surface area (Å²) >= 11 is 0. The van der Waals surface area contributed by atoms with Gasteiger partial charge in [0.1, 0.15) is 11.8 Å². The highest BCUT2D eigenvalue weighted by atomic mass is 19.4. The van der Waals surface area contributed by atoms with Crippen molar-refractivity contribution in [1.82, 2.24) is 4.90 Å². The van der Waals surface area contributed by atoms with E-state index in [-0.39, 0.29) is 18.3 Å². The van der Waals surface area contributed by atoms with Gasteiger partial charge in [-0.2, -0.15) is 0 Å². The van der Waals surface area contributed by atoms with Crippen LogP contribution in [0, 0.1) is 0 Å². The number of carbonyl (C=O) groups excluding carboxylic acids is 1. The summed E-state index contributed by atoms with van der Waals surface area (Å²) in [4.78, 5) is 24.7. The van der Waals surface area contributed by atoms with E-state index in [0.29, 0.717) is 5.69 Å². The Morgan fingerprint density at radius 3 is 2.38 bits per heavy atom. The molecule has 0 aromatic heterocycles. The van der Waals surface area contributed by atoms with Crippen molar-refractivity contribution in [2.75, 3.05) is 11.9 Å². The van der Waals surface area contributed by atoms with Crippen molar-refractivity contribution in [3.05, 3.63) is 24.3 Å². The molecule has 1 unspecified atom stereocenters. The van der Waals surface area contributed by atoms with Gasteiger partial charge in [0, 0.05) is 11.7 Å². The molecule has 0 bridgehead atoms. The molecule has 1 aliphatic rings. The molecule has 1 aromatic carbocycles. The Labute approximate surface area is 136 Å². The van der Waals surface area contributed by atoms with Gasteiger partial charge >= 0.3 is 12.3 Å². The number of anilines is 1. The fourth-order valence-corrected chi connectivity index (χ4v) is 2.24. The number of ether oxygens (including phenoxy) is 1. The zero-order valence-electron chi connectivity index (χ0n) is 12.8. The molecule has 0 saturated heterocycles. The van der Waals surface area contributed by atoms with E-state index in [4.69, 9.17) is 5.11 Å². The first-order valence-electron chi connectivity index (χ1n) is 7.30. The molecule has 2 N–H and O–H groups in total. The molecule has 1 saturated carbocycles.